The highest BCUT2D eigenvalue weighted by Gasteiger charge is 2.23. The van der Waals surface area contributed by atoms with Crippen LogP contribution in [0.5, 0.6) is 0 Å². The number of aliphatic hydroxyl groups is 3. The van der Waals surface area contributed by atoms with Crippen molar-refractivity contribution in [2.75, 3.05) is 6.61 Å². The van der Waals surface area contributed by atoms with Gasteiger partial charge in [0.2, 0.25) is 5.91 Å². The van der Waals surface area contributed by atoms with Gasteiger partial charge in [-0.25, -0.2) is 0 Å². The van der Waals surface area contributed by atoms with Gasteiger partial charge in [-0.2, -0.15) is 0 Å². The molecule has 0 bridgehead atoms. The third-order valence-electron chi connectivity index (χ3n) is 9.73. The molecule has 0 fully saturated rings. The second-order valence-corrected chi connectivity index (χ2v) is 14.2. The molecule has 0 spiro atoms. The van der Waals surface area contributed by atoms with Crippen molar-refractivity contribution in [1.29, 1.82) is 0 Å². The molecule has 0 aromatic rings. The Labute approximate surface area is 281 Å². The molecule has 3 atom stereocenters. The second kappa shape index (κ2) is 36.2. The Balaban J connectivity index is 3.55. The molecular formula is C40H81NO4. The van der Waals surface area contributed by atoms with Crippen molar-refractivity contribution in [3.05, 3.63) is 0 Å². The minimum atomic E-state index is -1.07. The van der Waals surface area contributed by atoms with Gasteiger partial charge in [-0.3, -0.25) is 4.79 Å². The second-order valence-electron chi connectivity index (χ2n) is 14.2. The van der Waals surface area contributed by atoms with Crippen LogP contribution in [-0.4, -0.2) is 46.1 Å². The summed E-state index contributed by atoms with van der Waals surface area (Å²) < 4.78 is 0. The van der Waals surface area contributed by atoms with E-state index in [-0.39, 0.29) is 6.61 Å². The molecule has 0 radical (unpaired) electrons. The molecule has 5 heteroatoms. The molecule has 4 N–H and O–H groups in total. The van der Waals surface area contributed by atoms with Crippen LogP contribution < -0.4 is 5.32 Å². The van der Waals surface area contributed by atoms with Gasteiger partial charge in [0.05, 0.1) is 18.8 Å². The zero-order valence-corrected chi connectivity index (χ0v) is 30.5. The number of amides is 1. The number of carbonyl (C=O) groups excluding carboxylic acids is 1. The summed E-state index contributed by atoms with van der Waals surface area (Å²) in [6.45, 7) is 4.22. The fraction of sp³-hybridized carbons (Fsp3) is 0.975. The molecule has 0 heterocycles. The molecule has 0 aromatic carbocycles. The lowest BCUT2D eigenvalue weighted by atomic mass is 10.0. The van der Waals surface area contributed by atoms with E-state index in [1.807, 2.05) is 0 Å². The highest BCUT2D eigenvalue weighted by Crippen LogP contribution is 2.16. The third-order valence-corrected chi connectivity index (χ3v) is 9.73. The Kier molecular flexibility index (Phi) is 35.7. The maximum atomic E-state index is 12.4. The van der Waals surface area contributed by atoms with Crippen LogP contribution >= 0.6 is 0 Å². The third kappa shape index (κ3) is 31.7. The number of hydrogen-bond donors (Lipinski definition) is 4. The number of aliphatic hydroxyl groups excluding tert-OH is 3. The topological polar surface area (TPSA) is 89.8 Å². The number of hydrogen-bond acceptors (Lipinski definition) is 4. The molecule has 0 saturated carbocycles. The van der Waals surface area contributed by atoms with Crippen LogP contribution in [0.15, 0.2) is 0 Å². The van der Waals surface area contributed by atoms with Crippen molar-refractivity contribution in [3.63, 3.8) is 0 Å². The smallest absolute Gasteiger partial charge is 0.249 e. The number of nitrogens with one attached hydrogen (secondary N) is 1. The van der Waals surface area contributed by atoms with E-state index in [0.29, 0.717) is 12.8 Å². The molecule has 45 heavy (non-hydrogen) atoms. The molecule has 0 aromatic heterocycles. The van der Waals surface area contributed by atoms with Gasteiger partial charge < -0.3 is 20.6 Å². The van der Waals surface area contributed by atoms with Crippen molar-refractivity contribution in [2.45, 2.75) is 244 Å². The fourth-order valence-electron chi connectivity index (χ4n) is 6.49. The SMILES string of the molecule is CCCCCCCCCCCCCCCCCCCCCCCC(O)C(=O)NC(CO)C(O)CCCCCCCCCCCC. The van der Waals surface area contributed by atoms with E-state index in [9.17, 15) is 20.1 Å². The van der Waals surface area contributed by atoms with E-state index in [2.05, 4.69) is 19.2 Å². The summed E-state index contributed by atoms with van der Waals surface area (Å²) in [7, 11) is 0. The zero-order valence-electron chi connectivity index (χ0n) is 30.5. The fourth-order valence-corrected chi connectivity index (χ4v) is 6.49. The first-order valence-electron chi connectivity index (χ1n) is 20.3. The molecule has 0 rings (SSSR count). The van der Waals surface area contributed by atoms with E-state index < -0.39 is 24.2 Å². The summed E-state index contributed by atoms with van der Waals surface area (Å²) in [6.07, 6.45) is 39.6. The maximum absolute atomic E-state index is 12.4. The molecule has 5 nitrogen and oxygen atoms in total. The molecule has 270 valence electrons. The van der Waals surface area contributed by atoms with Crippen molar-refractivity contribution in [2.24, 2.45) is 0 Å². The van der Waals surface area contributed by atoms with E-state index in [1.54, 1.807) is 0 Å². The van der Waals surface area contributed by atoms with E-state index in [0.717, 1.165) is 32.1 Å². The van der Waals surface area contributed by atoms with Crippen LogP contribution in [0.2, 0.25) is 0 Å². The molecule has 3 unspecified atom stereocenters. The summed E-state index contributed by atoms with van der Waals surface area (Å²) in [5.74, 6) is -0.468. The Morgan fingerprint density at radius 1 is 0.444 bits per heavy atom. The lowest BCUT2D eigenvalue weighted by molar-refractivity contribution is -0.131. The molecule has 0 saturated heterocycles. The summed E-state index contributed by atoms with van der Waals surface area (Å²) in [5.41, 5.74) is 0. The van der Waals surface area contributed by atoms with Crippen LogP contribution in [-0.2, 0) is 4.79 Å². The first-order chi connectivity index (χ1) is 22.1. The first kappa shape index (κ1) is 44.4. The molecular weight excluding hydrogens is 558 g/mol. The van der Waals surface area contributed by atoms with Gasteiger partial charge in [0.1, 0.15) is 6.10 Å². The van der Waals surface area contributed by atoms with Crippen LogP contribution in [0.4, 0.5) is 0 Å². The van der Waals surface area contributed by atoms with Gasteiger partial charge in [0.15, 0.2) is 0 Å². The Hall–Kier alpha value is -0.650. The van der Waals surface area contributed by atoms with Crippen molar-refractivity contribution in [3.8, 4) is 0 Å². The zero-order chi connectivity index (χ0) is 33.1. The van der Waals surface area contributed by atoms with E-state index in [1.165, 1.54) is 167 Å². The molecule has 1 amide bonds. The average Bonchev–Trinajstić information content (AvgIpc) is 3.04. The van der Waals surface area contributed by atoms with Gasteiger partial charge >= 0.3 is 0 Å². The monoisotopic (exact) mass is 640 g/mol. The van der Waals surface area contributed by atoms with Gasteiger partial charge in [-0.15, -0.1) is 0 Å². The lowest BCUT2D eigenvalue weighted by Gasteiger charge is -2.23. The predicted molar refractivity (Wildman–Crippen MR) is 195 cm³/mol. The number of carbonyl (C=O) groups is 1. The standard InChI is InChI=1S/C40H81NO4/c1-3-5-7-9-11-13-15-16-17-18-19-20-21-22-23-24-25-27-29-31-33-35-39(44)40(45)41-37(36-42)38(43)34-32-30-28-26-14-12-10-8-6-4-2/h37-39,42-44H,3-36H2,1-2H3,(H,41,45). The number of rotatable bonds is 37. The van der Waals surface area contributed by atoms with E-state index in [4.69, 9.17) is 0 Å². The minimum Gasteiger partial charge on any atom is -0.394 e. The molecule has 0 aliphatic carbocycles. The Bertz CT molecular complexity index is 587. The minimum absolute atomic E-state index is 0.309. The van der Waals surface area contributed by atoms with Crippen LogP contribution in [0.3, 0.4) is 0 Å². The van der Waals surface area contributed by atoms with Crippen molar-refractivity contribution in [1.82, 2.24) is 5.32 Å². The van der Waals surface area contributed by atoms with Gasteiger partial charge in [-0.1, -0.05) is 213 Å². The predicted octanol–water partition coefficient (Wildman–Crippen LogP) is 11.1. The van der Waals surface area contributed by atoms with E-state index >= 15 is 0 Å². The molecule has 0 aliphatic heterocycles. The quantitative estimate of drug-likeness (QED) is 0.0509. The summed E-state index contributed by atoms with van der Waals surface area (Å²) in [6, 6.07) is -0.703. The normalized spacial score (nSPS) is 13.6. The van der Waals surface area contributed by atoms with Gasteiger partial charge in [-0.05, 0) is 12.8 Å². The largest absolute Gasteiger partial charge is 0.394 e. The first-order valence-corrected chi connectivity index (χ1v) is 20.3. The van der Waals surface area contributed by atoms with Crippen molar-refractivity contribution >= 4 is 5.91 Å². The highest BCUT2D eigenvalue weighted by atomic mass is 16.3. The van der Waals surface area contributed by atoms with Crippen LogP contribution in [0.1, 0.15) is 226 Å². The summed E-state index contributed by atoms with van der Waals surface area (Å²) in [5, 5.41) is 33.1. The van der Waals surface area contributed by atoms with Crippen molar-refractivity contribution < 1.29 is 20.1 Å². The summed E-state index contributed by atoms with van der Waals surface area (Å²) in [4.78, 5) is 12.4. The average molecular weight is 640 g/mol. The number of unbranched alkanes of at least 4 members (excludes halogenated alkanes) is 29. The van der Waals surface area contributed by atoms with Crippen LogP contribution in [0.25, 0.3) is 0 Å². The summed E-state index contributed by atoms with van der Waals surface area (Å²) >= 11 is 0. The van der Waals surface area contributed by atoms with Crippen LogP contribution in [0, 0.1) is 0 Å². The van der Waals surface area contributed by atoms with Gasteiger partial charge in [0, 0.05) is 0 Å². The van der Waals surface area contributed by atoms with Gasteiger partial charge in [0.25, 0.3) is 0 Å². The maximum Gasteiger partial charge on any atom is 0.249 e. The molecule has 0 aliphatic rings. The Morgan fingerprint density at radius 2 is 0.711 bits per heavy atom. The lowest BCUT2D eigenvalue weighted by Crippen LogP contribution is -2.49. The Morgan fingerprint density at radius 3 is 1.00 bits per heavy atom. The highest BCUT2D eigenvalue weighted by molar-refractivity contribution is 5.80.